The first-order valence-electron chi connectivity index (χ1n) is 7.40. The standard InChI is InChI=1S/C14H23F3N2O3/c1-4-9(2)11(14(15,16)17)18-13(21)19-7-5-10(6-8-19)12(20)22-3/h9-11H,4-8H2,1-3H3,(H,18,21). The summed E-state index contributed by atoms with van der Waals surface area (Å²) in [6.07, 6.45) is -3.36. The van der Waals surface area contributed by atoms with Crippen molar-refractivity contribution < 1.29 is 27.5 Å². The lowest BCUT2D eigenvalue weighted by Gasteiger charge is -2.34. The number of carbonyl (C=O) groups is 2. The summed E-state index contributed by atoms with van der Waals surface area (Å²) in [4.78, 5) is 24.7. The molecule has 0 spiro atoms. The molecule has 0 saturated carbocycles. The van der Waals surface area contributed by atoms with E-state index in [1.165, 1.54) is 18.9 Å². The highest BCUT2D eigenvalue weighted by molar-refractivity contribution is 5.76. The number of rotatable bonds is 4. The number of hydrogen-bond donors (Lipinski definition) is 1. The van der Waals surface area contributed by atoms with E-state index in [-0.39, 0.29) is 25.0 Å². The number of ether oxygens (including phenoxy) is 1. The topological polar surface area (TPSA) is 58.6 Å². The van der Waals surface area contributed by atoms with Crippen LogP contribution in [0.15, 0.2) is 0 Å². The molecule has 0 aromatic rings. The Kier molecular flexibility index (Phi) is 6.49. The molecular formula is C14H23F3N2O3. The van der Waals surface area contributed by atoms with Gasteiger partial charge < -0.3 is 15.0 Å². The van der Waals surface area contributed by atoms with E-state index in [1.807, 2.05) is 0 Å². The summed E-state index contributed by atoms with van der Waals surface area (Å²) in [6, 6.07) is -2.59. The molecule has 1 rings (SSSR count). The van der Waals surface area contributed by atoms with Crippen molar-refractivity contribution in [1.29, 1.82) is 0 Å². The molecule has 0 bridgehead atoms. The number of hydrogen-bond acceptors (Lipinski definition) is 3. The molecule has 5 nitrogen and oxygen atoms in total. The fraction of sp³-hybridized carbons (Fsp3) is 0.857. The van der Waals surface area contributed by atoms with E-state index in [9.17, 15) is 22.8 Å². The van der Waals surface area contributed by atoms with E-state index >= 15 is 0 Å². The monoisotopic (exact) mass is 324 g/mol. The van der Waals surface area contributed by atoms with E-state index in [0.29, 0.717) is 19.3 Å². The summed E-state index contributed by atoms with van der Waals surface area (Å²) in [7, 11) is 1.29. The van der Waals surface area contributed by atoms with Crippen molar-refractivity contribution in [2.75, 3.05) is 20.2 Å². The number of urea groups is 1. The number of methoxy groups -OCH3 is 1. The molecule has 1 aliphatic heterocycles. The molecule has 128 valence electrons. The molecule has 0 aromatic carbocycles. The molecular weight excluding hydrogens is 301 g/mol. The van der Waals surface area contributed by atoms with Crippen molar-refractivity contribution in [3.8, 4) is 0 Å². The van der Waals surface area contributed by atoms with Gasteiger partial charge in [-0.15, -0.1) is 0 Å². The average molecular weight is 324 g/mol. The lowest BCUT2D eigenvalue weighted by atomic mass is 9.97. The van der Waals surface area contributed by atoms with Gasteiger partial charge in [0.05, 0.1) is 13.0 Å². The molecule has 1 saturated heterocycles. The van der Waals surface area contributed by atoms with Crippen molar-refractivity contribution in [2.45, 2.75) is 45.3 Å². The van der Waals surface area contributed by atoms with Gasteiger partial charge in [0.15, 0.2) is 0 Å². The minimum Gasteiger partial charge on any atom is -0.469 e. The number of nitrogens with zero attached hydrogens (tertiary/aromatic N) is 1. The molecule has 8 heteroatoms. The van der Waals surface area contributed by atoms with Gasteiger partial charge in [0, 0.05) is 13.1 Å². The van der Waals surface area contributed by atoms with Gasteiger partial charge in [-0.3, -0.25) is 4.79 Å². The average Bonchev–Trinajstić information content (AvgIpc) is 2.49. The van der Waals surface area contributed by atoms with E-state index in [1.54, 1.807) is 6.92 Å². The predicted molar refractivity (Wildman–Crippen MR) is 74.1 cm³/mol. The van der Waals surface area contributed by atoms with Crippen LogP contribution in [0.5, 0.6) is 0 Å². The molecule has 1 fully saturated rings. The largest absolute Gasteiger partial charge is 0.469 e. The van der Waals surface area contributed by atoms with Gasteiger partial charge in [0.2, 0.25) is 0 Å². The van der Waals surface area contributed by atoms with E-state index < -0.39 is 24.2 Å². The smallest absolute Gasteiger partial charge is 0.408 e. The minimum absolute atomic E-state index is 0.247. The fourth-order valence-corrected chi connectivity index (χ4v) is 2.49. The second kappa shape index (κ2) is 7.69. The molecule has 0 aromatic heterocycles. The number of esters is 1. The second-order valence-corrected chi connectivity index (χ2v) is 5.64. The number of likely N-dealkylation sites (tertiary alicyclic amines) is 1. The highest BCUT2D eigenvalue weighted by Crippen LogP contribution is 2.28. The number of alkyl halides is 3. The van der Waals surface area contributed by atoms with Crippen LogP contribution in [0.4, 0.5) is 18.0 Å². The summed E-state index contributed by atoms with van der Waals surface area (Å²) in [5.41, 5.74) is 0. The third-order valence-corrected chi connectivity index (χ3v) is 4.16. The molecule has 22 heavy (non-hydrogen) atoms. The van der Waals surface area contributed by atoms with Crippen LogP contribution in [0.2, 0.25) is 0 Å². The normalized spacial score (nSPS) is 19.5. The number of amides is 2. The van der Waals surface area contributed by atoms with Gasteiger partial charge in [-0.2, -0.15) is 13.2 Å². The van der Waals surface area contributed by atoms with Crippen molar-refractivity contribution in [2.24, 2.45) is 11.8 Å². The van der Waals surface area contributed by atoms with Crippen LogP contribution < -0.4 is 5.32 Å². The first kappa shape index (κ1) is 18.6. The van der Waals surface area contributed by atoms with Crippen LogP contribution in [0, 0.1) is 11.8 Å². The van der Waals surface area contributed by atoms with Crippen LogP contribution >= 0.6 is 0 Å². The molecule has 0 radical (unpaired) electrons. The number of halogens is 3. The van der Waals surface area contributed by atoms with E-state index in [2.05, 4.69) is 10.1 Å². The molecule has 2 amide bonds. The van der Waals surface area contributed by atoms with Gasteiger partial charge in [-0.05, 0) is 18.8 Å². The fourth-order valence-electron chi connectivity index (χ4n) is 2.49. The Bertz CT molecular complexity index is 393. The van der Waals surface area contributed by atoms with Crippen LogP contribution in [0.25, 0.3) is 0 Å². The Hall–Kier alpha value is -1.47. The number of piperidine rings is 1. The predicted octanol–water partition coefficient (Wildman–Crippen LogP) is 2.56. The Labute approximate surface area is 128 Å². The summed E-state index contributed by atoms with van der Waals surface area (Å²) in [5.74, 6) is -1.33. The summed E-state index contributed by atoms with van der Waals surface area (Å²) < 4.78 is 43.6. The Morgan fingerprint density at radius 1 is 1.32 bits per heavy atom. The third-order valence-electron chi connectivity index (χ3n) is 4.16. The van der Waals surface area contributed by atoms with Crippen LogP contribution in [-0.4, -0.2) is 49.3 Å². The molecule has 2 atom stereocenters. The third kappa shape index (κ3) is 4.78. The van der Waals surface area contributed by atoms with Crippen LogP contribution in [0.3, 0.4) is 0 Å². The highest BCUT2D eigenvalue weighted by Gasteiger charge is 2.44. The summed E-state index contributed by atoms with van der Waals surface area (Å²) in [6.45, 7) is 3.60. The zero-order valence-corrected chi connectivity index (χ0v) is 13.1. The van der Waals surface area contributed by atoms with E-state index in [4.69, 9.17) is 0 Å². The Morgan fingerprint density at radius 2 is 1.86 bits per heavy atom. The molecule has 1 heterocycles. The maximum atomic E-state index is 13.0. The quantitative estimate of drug-likeness (QED) is 0.809. The lowest BCUT2D eigenvalue weighted by molar-refractivity contribution is -0.164. The van der Waals surface area contributed by atoms with E-state index in [0.717, 1.165) is 0 Å². The second-order valence-electron chi connectivity index (χ2n) is 5.64. The van der Waals surface area contributed by atoms with Crippen molar-refractivity contribution in [1.82, 2.24) is 10.2 Å². The minimum atomic E-state index is -4.48. The SMILES string of the molecule is CCC(C)C(NC(=O)N1CCC(C(=O)OC)CC1)C(F)(F)F. The highest BCUT2D eigenvalue weighted by atomic mass is 19.4. The number of carbonyl (C=O) groups excluding carboxylic acids is 2. The van der Waals surface area contributed by atoms with Gasteiger partial charge in [-0.25, -0.2) is 4.79 Å². The first-order valence-corrected chi connectivity index (χ1v) is 7.40. The molecule has 0 aliphatic carbocycles. The Morgan fingerprint density at radius 3 is 2.27 bits per heavy atom. The van der Waals surface area contributed by atoms with Gasteiger partial charge in [0.25, 0.3) is 0 Å². The van der Waals surface area contributed by atoms with Gasteiger partial charge in [0.1, 0.15) is 6.04 Å². The first-order chi connectivity index (χ1) is 10.2. The lowest BCUT2D eigenvalue weighted by Crippen LogP contribution is -2.55. The van der Waals surface area contributed by atoms with Gasteiger partial charge in [-0.1, -0.05) is 20.3 Å². The van der Waals surface area contributed by atoms with Gasteiger partial charge >= 0.3 is 18.2 Å². The Balaban J connectivity index is 2.60. The van der Waals surface area contributed by atoms with Crippen LogP contribution in [0.1, 0.15) is 33.1 Å². The maximum absolute atomic E-state index is 13.0. The zero-order valence-electron chi connectivity index (χ0n) is 13.1. The maximum Gasteiger partial charge on any atom is 0.408 e. The van der Waals surface area contributed by atoms with Crippen molar-refractivity contribution in [3.63, 3.8) is 0 Å². The summed E-state index contributed by atoms with van der Waals surface area (Å²) >= 11 is 0. The van der Waals surface area contributed by atoms with Crippen molar-refractivity contribution >= 4 is 12.0 Å². The van der Waals surface area contributed by atoms with Crippen LogP contribution in [-0.2, 0) is 9.53 Å². The molecule has 1 N–H and O–H groups in total. The molecule has 1 aliphatic rings. The molecule has 2 unspecified atom stereocenters. The number of nitrogens with one attached hydrogen (secondary N) is 1. The zero-order chi connectivity index (χ0) is 16.9. The van der Waals surface area contributed by atoms with Crippen molar-refractivity contribution in [3.05, 3.63) is 0 Å². The summed E-state index contributed by atoms with van der Waals surface area (Å²) in [5, 5.41) is 2.08.